The number of aromatic nitrogens is 1. The van der Waals surface area contributed by atoms with Gasteiger partial charge in [0.15, 0.2) is 0 Å². The number of fused-ring (bicyclic) bond motifs is 3. The molecule has 5 heteroatoms. The number of H-pyrrole nitrogens is 1. The molecule has 1 N–H and O–H groups in total. The van der Waals surface area contributed by atoms with Crippen LogP contribution in [0.4, 0.5) is 4.79 Å². The van der Waals surface area contributed by atoms with Gasteiger partial charge in [-0.25, -0.2) is 4.79 Å². The molecule has 158 valence electrons. The van der Waals surface area contributed by atoms with Crippen LogP contribution in [0.3, 0.4) is 0 Å². The van der Waals surface area contributed by atoms with Crippen LogP contribution in [0.1, 0.15) is 42.1 Å². The van der Waals surface area contributed by atoms with Gasteiger partial charge in [0, 0.05) is 30.6 Å². The van der Waals surface area contributed by atoms with Crippen LogP contribution in [0.5, 0.6) is 5.75 Å². The van der Waals surface area contributed by atoms with E-state index >= 15 is 0 Å². The second kappa shape index (κ2) is 9.24. The normalized spacial score (nSPS) is 13.7. The van der Waals surface area contributed by atoms with Crippen LogP contribution in [0, 0.1) is 6.92 Å². The molecular weight excluding hydrogens is 376 g/mol. The van der Waals surface area contributed by atoms with E-state index in [1.807, 2.05) is 35.2 Å². The minimum atomic E-state index is -0.246. The molecule has 5 nitrogen and oxygen atoms in total. The van der Waals surface area contributed by atoms with Gasteiger partial charge in [0.2, 0.25) is 0 Å². The van der Waals surface area contributed by atoms with E-state index in [1.54, 1.807) is 0 Å². The smallest absolute Gasteiger partial charge is 0.410 e. The summed E-state index contributed by atoms with van der Waals surface area (Å²) < 4.78 is 11.7. The van der Waals surface area contributed by atoms with E-state index in [2.05, 4.69) is 31.0 Å². The van der Waals surface area contributed by atoms with Gasteiger partial charge in [-0.3, -0.25) is 0 Å². The number of carbonyl (C=O) groups excluding carboxylic acids is 1. The van der Waals surface area contributed by atoms with Crippen LogP contribution >= 0.6 is 0 Å². The Hall–Kier alpha value is -2.95. The fraction of sp³-hybridized carbons (Fsp3) is 0.400. The van der Waals surface area contributed by atoms with Gasteiger partial charge in [-0.2, -0.15) is 0 Å². The molecule has 4 rings (SSSR count). The summed E-state index contributed by atoms with van der Waals surface area (Å²) >= 11 is 0. The quantitative estimate of drug-likeness (QED) is 0.558. The van der Waals surface area contributed by atoms with Crippen LogP contribution < -0.4 is 4.74 Å². The molecule has 0 atom stereocenters. The highest BCUT2D eigenvalue weighted by atomic mass is 16.6. The number of amides is 1. The first-order valence-corrected chi connectivity index (χ1v) is 10.9. The highest BCUT2D eigenvalue weighted by Gasteiger charge is 2.24. The lowest BCUT2D eigenvalue weighted by Crippen LogP contribution is -2.33. The number of aromatic amines is 1. The number of nitrogens with zero attached hydrogens (tertiary/aromatic N) is 1. The molecule has 0 saturated heterocycles. The first-order valence-electron chi connectivity index (χ1n) is 10.9. The minimum absolute atomic E-state index is 0.246. The van der Waals surface area contributed by atoms with Gasteiger partial charge in [0.05, 0.1) is 12.1 Å². The zero-order chi connectivity index (χ0) is 20.9. The third kappa shape index (κ3) is 4.30. The maximum Gasteiger partial charge on any atom is 0.410 e. The molecule has 2 heterocycles. The maximum absolute atomic E-state index is 12.6. The van der Waals surface area contributed by atoms with E-state index in [9.17, 15) is 4.79 Å². The lowest BCUT2D eigenvalue weighted by atomic mass is 10.0. The Morgan fingerprint density at radius 3 is 2.70 bits per heavy atom. The van der Waals surface area contributed by atoms with Crippen molar-refractivity contribution in [2.24, 2.45) is 0 Å². The monoisotopic (exact) mass is 406 g/mol. The number of hydrogen-bond donors (Lipinski definition) is 1. The van der Waals surface area contributed by atoms with Crippen molar-refractivity contribution in [3.8, 4) is 5.75 Å². The Labute approximate surface area is 178 Å². The van der Waals surface area contributed by atoms with Crippen LogP contribution in [-0.2, 0) is 24.2 Å². The Morgan fingerprint density at radius 2 is 1.90 bits per heavy atom. The molecule has 0 saturated carbocycles. The highest BCUT2D eigenvalue weighted by Crippen LogP contribution is 2.35. The Kier molecular flexibility index (Phi) is 6.26. The van der Waals surface area contributed by atoms with Gasteiger partial charge < -0.3 is 19.4 Å². The fourth-order valence-corrected chi connectivity index (χ4v) is 4.06. The number of ether oxygens (including phenoxy) is 2. The molecule has 0 spiro atoms. The summed E-state index contributed by atoms with van der Waals surface area (Å²) in [4.78, 5) is 18.1. The van der Waals surface area contributed by atoms with E-state index in [-0.39, 0.29) is 6.09 Å². The van der Waals surface area contributed by atoms with Crippen LogP contribution in [0.15, 0.2) is 42.5 Å². The molecule has 0 radical (unpaired) electrons. The van der Waals surface area contributed by atoms with E-state index in [1.165, 1.54) is 22.2 Å². The van der Waals surface area contributed by atoms with Gasteiger partial charge in [0.1, 0.15) is 12.4 Å². The SMILES string of the molecule is CCCCOc1ccc(C)c2[nH]c3c(c12)CCN(C(=O)OCc1ccccc1)CC3. The number of rotatable bonds is 6. The fourth-order valence-electron chi connectivity index (χ4n) is 4.06. The van der Waals surface area contributed by atoms with E-state index in [4.69, 9.17) is 9.47 Å². The number of hydrogen-bond acceptors (Lipinski definition) is 3. The molecule has 2 aromatic carbocycles. The van der Waals surface area contributed by atoms with E-state index in [0.29, 0.717) is 19.7 Å². The third-order valence-corrected chi connectivity index (χ3v) is 5.80. The van der Waals surface area contributed by atoms with E-state index < -0.39 is 0 Å². The second-order valence-electron chi connectivity index (χ2n) is 7.94. The van der Waals surface area contributed by atoms with Crippen molar-refractivity contribution in [3.05, 3.63) is 64.8 Å². The van der Waals surface area contributed by atoms with Crippen molar-refractivity contribution in [1.82, 2.24) is 9.88 Å². The van der Waals surface area contributed by atoms with Crippen molar-refractivity contribution in [2.45, 2.75) is 46.1 Å². The van der Waals surface area contributed by atoms with E-state index in [0.717, 1.165) is 49.1 Å². The zero-order valence-electron chi connectivity index (χ0n) is 17.9. The number of aryl methyl sites for hydroxylation is 1. The number of unbranched alkanes of at least 4 members (excludes halogenated alkanes) is 1. The largest absolute Gasteiger partial charge is 0.493 e. The van der Waals surface area contributed by atoms with Crippen LogP contribution in [0.2, 0.25) is 0 Å². The molecule has 1 amide bonds. The number of carbonyl (C=O) groups is 1. The molecular formula is C25H30N2O3. The molecule has 1 aromatic heterocycles. The van der Waals surface area contributed by atoms with Crippen molar-refractivity contribution in [2.75, 3.05) is 19.7 Å². The summed E-state index contributed by atoms with van der Waals surface area (Å²) in [6.07, 6.45) is 3.49. The van der Waals surface area contributed by atoms with Gasteiger partial charge in [0.25, 0.3) is 0 Å². The summed E-state index contributed by atoms with van der Waals surface area (Å²) in [6.45, 7) is 6.63. The molecule has 0 unspecified atom stereocenters. The average Bonchev–Trinajstić information content (AvgIpc) is 3.01. The second-order valence-corrected chi connectivity index (χ2v) is 7.94. The summed E-state index contributed by atoms with van der Waals surface area (Å²) in [5, 5.41) is 1.18. The number of nitrogens with one attached hydrogen (secondary N) is 1. The van der Waals surface area contributed by atoms with Crippen molar-refractivity contribution < 1.29 is 14.3 Å². The van der Waals surface area contributed by atoms with Crippen LogP contribution in [0.25, 0.3) is 10.9 Å². The average molecular weight is 407 g/mol. The van der Waals surface area contributed by atoms with Gasteiger partial charge in [-0.1, -0.05) is 49.7 Å². The lowest BCUT2D eigenvalue weighted by molar-refractivity contribution is 0.0977. The predicted octanol–water partition coefficient (Wildman–Crippen LogP) is 5.39. The summed E-state index contributed by atoms with van der Waals surface area (Å²) in [5.41, 5.74) is 5.87. The molecule has 1 aliphatic rings. The van der Waals surface area contributed by atoms with Crippen LogP contribution in [-0.4, -0.2) is 35.7 Å². The predicted molar refractivity (Wildman–Crippen MR) is 119 cm³/mol. The first kappa shape index (κ1) is 20.3. The maximum atomic E-state index is 12.6. The van der Waals surface area contributed by atoms with Gasteiger partial charge >= 0.3 is 6.09 Å². The summed E-state index contributed by atoms with van der Waals surface area (Å²) in [6, 6.07) is 14.0. The highest BCUT2D eigenvalue weighted by molar-refractivity contribution is 5.93. The summed E-state index contributed by atoms with van der Waals surface area (Å²) in [7, 11) is 0. The Morgan fingerprint density at radius 1 is 1.10 bits per heavy atom. The first-order chi connectivity index (χ1) is 14.7. The molecule has 0 fully saturated rings. The summed E-state index contributed by atoms with van der Waals surface area (Å²) in [5.74, 6) is 0.946. The molecule has 0 bridgehead atoms. The molecule has 3 aromatic rings. The van der Waals surface area contributed by atoms with Crippen molar-refractivity contribution in [1.29, 1.82) is 0 Å². The Balaban J connectivity index is 1.49. The molecule has 0 aliphatic carbocycles. The zero-order valence-corrected chi connectivity index (χ0v) is 17.9. The Bertz CT molecular complexity index is 1010. The van der Waals surface area contributed by atoms with Gasteiger partial charge in [-0.15, -0.1) is 0 Å². The minimum Gasteiger partial charge on any atom is -0.493 e. The van der Waals surface area contributed by atoms with Crippen molar-refractivity contribution >= 4 is 17.0 Å². The molecule has 30 heavy (non-hydrogen) atoms. The van der Waals surface area contributed by atoms with Crippen molar-refractivity contribution in [3.63, 3.8) is 0 Å². The third-order valence-electron chi connectivity index (χ3n) is 5.80. The standard InChI is InChI=1S/C25H30N2O3/c1-3-4-16-29-22-11-10-18(2)24-23(22)20-12-14-27(15-13-21(20)26-24)25(28)30-17-19-8-6-5-7-9-19/h5-11,26H,3-4,12-17H2,1-2H3. The number of benzene rings is 2. The lowest BCUT2D eigenvalue weighted by Gasteiger charge is -2.20. The topological polar surface area (TPSA) is 54.6 Å². The van der Waals surface area contributed by atoms with Gasteiger partial charge in [-0.05, 0) is 42.5 Å². The molecule has 1 aliphatic heterocycles.